The number of nitrogens with two attached hydrogens (primary N) is 1. The van der Waals surface area contributed by atoms with Crippen LogP contribution >= 0.6 is 0 Å². The first-order valence-corrected chi connectivity index (χ1v) is 5.95. The van der Waals surface area contributed by atoms with Crippen molar-refractivity contribution >= 4 is 11.6 Å². The minimum absolute atomic E-state index is 0.350. The van der Waals surface area contributed by atoms with Crippen LogP contribution in [0.1, 0.15) is 19.2 Å². The van der Waals surface area contributed by atoms with E-state index in [-0.39, 0.29) is 0 Å². The molecule has 0 aliphatic rings. The van der Waals surface area contributed by atoms with Crippen LogP contribution in [0.3, 0.4) is 0 Å². The van der Waals surface area contributed by atoms with E-state index in [0.717, 1.165) is 32.0 Å². The van der Waals surface area contributed by atoms with Crippen LogP contribution in [0, 0.1) is 0 Å². The highest BCUT2D eigenvalue weighted by molar-refractivity contribution is 5.46. The van der Waals surface area contributed by atoms with Crippen molar-refractivity contribution < 1.29 is 9.47 Å². The summed E-state index contributed by atoms with van der Waals surface area (Å²) < 4.78 is 10.3. The van der Waals surface area contributed by atoms with Crippen LogP contribution in [0.4, 0.5) is 11.6 Å². The largest absolute Gasteiger partial charge is 0.382 e. The van der Waals surface area contributed by atoms with Gasteiger partial charge >= 0.3 is 0 Å². The number of rotatable bonds is 9. The van der Waals surface area contributed by atoms with Crippen molar-refractivity contribution in [1.82, 2.24) is 9.97 Å². The second-order valence-electron chi connectivity index (χ2n) is 3.61. The Hall–Kier alpha value is -1.44. The summed E-state index contributed by atoms with van der Waals surface area (Å²) in [6.07, 6.45) is 0.919. The van der Waals surface area contributed by atoms with Gasteiger partial charge in [0.2, 0.25) is 0 Å². The van der Waals surface area contributed by atoms with Gasteiger partial charge in [-0.2, -0.15) is 0 Å². The molecule has 0 amide bonds. The van der Waals surface area contributed by atoms with Crippen molar-refractivity contribution in [3.8, 4) is 0 Å². The maximum Gasteiger partial charge on any atom is 0.158 e. The fraction of sp³-hybridized carbons (Fsp3) is 0.636. The molecule has 0 unspecified atom stereocenters. The molecule has 1 aromatic rings. The number of nitrogens with zero attached hydrogens (tertiary/aromatic N) is 2. The first-order valence-electron chi connectivity index (χ1n) is 5.95. The molecule has 0 aromatic carbocycles. The fourth-order valence-corrected chi connectivity index (χ4v) is 1.39. The van der Waals surface area contributed by atoms with Gasteiger partial charge < -0.3 is 20.2 Å². The van der Waals surface area contributed by atoms with Crippen molar-refractivity contribution in [2.24, 2.45) is 5.84 Å². The molecule has 0 radical (unpaired) electrons. The van der Waals surface area contributed by atoms with E-state index in [1.807, 2.05) is 6.92 Å². The predicted octanol–water partition coefficient (Wildman–Crippen LogP) is 0.747. The van der Waals surface area contributed by atoms with Gasteiger partial charge in [0.25, 0.3) is 0 Å². The molecule has 7 heteroatoms. The number of hydrogen-bond donors (Lipinski definition) is 3. The fourth-order valence-electron chi connectivity index (χ4n) is 1.39. The number of ether oxygens (including phenoxy) is 2. The summed E-state index contributed by atoms with van der Waals surface area (Å²) in [6.45, 7) is 4.60. The van der Waals surface area contributed by atoms with Crippen LogP contribution in [0.15, 0.2) is 6.07 Å². The van der Waals surface area contributed by atoms with Gasteiger partial charge in [-0.25, -0.2) is 15.8 Å². The van der Waals surface area contributed by atoms with Crippen molar-refractivity contribution in [1.29, 1.82) is 0 Å². The van der Waals surface area contributed by atoms with E-state index in [0.29, 0.717) is 18.2 Å². The van der Waals surface area contributed by atoms with E-state index in [4.69, 9.17) is 15.3 Å². The van der Waals surface area contributed by atoms with Gasteiger partial charge in [0, 0.05) is 32.9 Å². The van der Waals surface area contributed by atoms with Gasteiger partial charge in [-0.15, -0.1) is 0 Å². The van der Waals surface area contributed by atoms with Crippen LogP contribution in [-0.2, 0) is 16.1 Å². The second-order valence-corrected chi connectivity index (χ2v) is 3.61. The molecule has 4 N–H and O–H groups in total. The van der Waals surface area contributed by atoms with Gasteiger partial charge in [-0.1, -0.05) is 0 Å². The Labute approximate surface area is 107 Å². The van der Waals surface area contributed by atoms with E-state index in [9.17, 15) is 0 Å². The molecule has 0 spiro atoms. The highest BCUT2D eigenvalue weighted by atomic mass is 16.5. The van der Waals surface area contributed by atoms with E-state index in [2.05, 4.69) is 20.7 Å². The molecule has 0 saturated carbocycles. The number of nitrogens with one attached hydrogen (secondary N) is 2. The Kier molecular flexibility index (Phi) is 7.00. The normalized spacial score (nSPS) is 10.4. The van der Waals surface area contributed by atoms with Gasteiger partial charge in [0.15, 0.2) is 5.82 Å². The molecule has 0 saturated heterocycles. The van der Waals surface area contributed by atoms with E-state index in [1.54, 1.807) is 13.2 Å². The molecule has 18 heavy (non-hydrogen) atoms. The lowest BCUT2D eigenvalue weighted by molar-refractivity contribution is 0.147. The van der Waals surface area contributed by atoms with Crippen molar-refractivity contribution in [2.45, 2.75) is 20.0 Å². The maximum atomic E-state index is 5.35. The molecule has 1 aromatic heterocycles. The third-order valence-electron chi connectivity index (χ3n) is 2.17. The molecular formula is C11H21N5O2. The number of hydrogen-bond acceptors (Lipinski definition) is 7. The monoisotopic (exact) mass is 255 g/mol. The number of hydrazine groups is 1. The predicted molar refractivity (Wildman–Crippen MR) is 70.2 cm³/mol. The zero-order chi connectivity index (χ0) is 13.2. The minimum Gasteiger partial charge on any atom is -0.382 e. The van der Waals surface area contributed by atoms with Gasteiger partial charge in [-0.05, 0) is 13.3 Å². The number of aromatic nitrogens is 2. The zero-order valence-corrected chi connectivity index (χ0v) is 10.9. The van der Waals surface area contributed by atoms with Crippen LogP contribution in [-0.4, -0.2) is 36.8 Å². The standard InChI is InChI=1S/C11H21N5O2/c1-3-18-6-4-5-13-9-7-10(16-12)15-11(14-9)8-17-2/h7H,3-6,8,12H2,1-2H3,(H2,13,14,15,16). The molecule has 0 aliphatic carbocycles. The Morgan fingerprint density at radius 2 is 2.11 bits per heavy atom. The van der Waals surface area contributed by atoms with Gasteiger partial charge in [0.05, 0.1) is 0 Å². The Bertz CT molecular complexity index is 348. The maximum absolute atomic E-state index is 5.35. The van der Waals surface area contributed by atoms with Crippen LogP contribution in [0.2, 0.25) is 0 Å². The summed E-state index contributed by atoms with van der Waals surface area (Å²) in [5, 5.41) is 3.19. The quantitative estimate of drug-likeness (QED) is 0.340. The first-order chi connectivity index (χ1) is 8.80. The molecule has 7 nitrogen and oxygen atoms in total. The number of methoxy groups -OCH3 is 1. The van der Waals surface area contributed by atoms with Crippen LogP contribution in [0.25, 0.3) is 0 Å². The molecule has 0 fully saturated rings. The average molecular weight is 255 g/mol. The summed E-state index contributed by atoms with van der Waals surface area (Å²) >= 11 is 0. The van der Waals surface area contributed by atoms with E-state index in [1.165, 1.54) is 0 Å². The number of anilines is 2. The van der Waals surface area contributed by atoms with Gasteiger partial charge in [0.1, 0.15) is 18.2 Å². The van der Waals surface area contributed by atoms with Crippen LogP contribution < -0.4 is 16.6 Å². The number of nitrogen functional groups attached to an aromatic ring is 1. The molecule has 0 bridgehead atoms. The molecule has 1 rings (SSSR count). The zero-order valence-electron chi connectivity index (χ0n) is 10.9. The summed E-state index contributed by atoms with van der Waals surface area (Å²) in [7, 11) is 1.60. The molecule has 0 atom stereocenters. The summed E-state index contributed by atoms with van der Waals surface area (Å²) in [4.78, 5) is 8.47. The van der Waals surface area contributed by atoms with Crippen molar-refractivity contribution in [3.05, 3.63) is 11.9 Å². The highest BCUT2D eigenvalue weighted by Gasteiger charge is 2.03. The third kappa shape index (κ3) is 5.26. The Morgan fingerprint density at radius 1 is 1.33 bits per heavy atom. The lowest BCUT2D eigenvalue weighted by Crippen LogP contribution is -2.13. The van der Waals surface area contributed by atoms with Crippen molar-refractivity contribution in [3.63, 3.8) is 0 Å². The molecule has 102 valence electrons. The van der Waals surface area contributed by atoms with E-state index >= 15 is 0 Å². The van der Waals surface area contributed by atoms with Gasteiger partial charge in [-0.3, -0.25) is 0 Å². The SMILES string of the molecule is CCOCCCNc1cc(NN)nc(COC)n1. The summed E-state index contributed by atoms with van der Waals surface area (Å²) in [5.41, 5.74) is 2.51. The summed E-state index contributed by atoms with van der Waals surface area (Å²) in [6, 6.07) is 1.75. The topological polar surface area (TPSA) is 94.3 Å². The second kappa shape index (κ2) is 8.62. The first kappa shape index (κ1) is 14.6. The third-order valence-corrected chi connectivity index (χ3v) is 2.17. The minimum atomic E-state index is 0.350. The lowest BCUT2D eigenvalue weighted by atomic mass is 10.4. The lowest BCUT2D eigenvalue weighted by Gasteiger charge is -2.09. The smallest absolute Gasteiger partial charge is 0.158 e. The van der Waals surface area contributed by atoms with E-state index < -0.39 is 0 Å². The highest BCUT2D eigenvalue weighted by Crippen LogP contribution is 2.10. The Morgan fingerprint density at radius 3 is 2.78 bits per heavy atom. The molecule has 0 aliphatic heterocycles. The van der Waals surface area contributed by atoms with Crippen molar-refractivity contribution in [2.75, 3.05) is 37.6 Å². The molecule has 1 heterocycles. The van der Waals surface area contributed by atoms with Crippen LogP contribution in [0.5, 0.6) is 0 Å². The Balaban J connectivity index is 2.50. The summed E-state index contributed by atoms with van der Waals surface area (Å²) in [5.74, 6) is 7.22. The molecular weight excluding hydrogens is 234 g/mol. The average Bonchev–Trinajstić information content (AvgIpc) is 2.38.